The van der Waals surface area contributed by atoms with Gasteiger partial charge in [-0.15, -0.1) is 0 Å². The van der Waals surface area contributed by atoms with Crippen LogP contribution in [0, 0.1) is 13.8 Å². The van der Waals surface area contributed by atoms with Crippen molar-refractivity contribution in [3.63, 3.8) is 0 Å². The van der Waals surface area contributed by atoms with Crippen molar-refractivity contribution in [3.05, 3.63) is 29.5 Å². The number of aldehydes is 1. The maximum absolute atomic E-state index is 10.8. The summed E-state index contributed by atoms with van der Waals surface area (Å²) < 4.78 is 3.94. The number of H-pyrrole nitrogens is 1. The molecule has 3 aromatic rings. The van der Waals surface area contributed by atoms with Gasteiger partial charge in [0.15, 0.2) is 12.1 Å². The molecule has 3 aromatic heterocycles. The number of aromatic nitrogens is 5. The minimum Gasteiger partial charge on any atom is -0.340 e. The fourth-order valence-corrected chi connectivity index (χ4v) is 2.09. The first-order chi connectivity index (χ1) is 8.61. The molecule has 6 nitrogen and oxygen atoms in total. The van der Waals surface area contributed by atoms with E-state index in [1.54, 1.807) is 0 Å². The highest BCUT2D eigenvalue weighted by Crippen LogP contribution is 2.21. The highest BCUT2D eigenvalue weighted by Gasteiger charge is 2.14. The van der Waals surface area contributed by atoms with Crippen LogP contribution < -0.4 is 0 Å². The van der Waals surface area contributed by atoms with Gasteiger partial charge in [-0.25, -0.2) is 9.97 Å². The zero-order valence-corrected chi connectivity index (χ0v) is 10.4. The van der Waals surface area contributed by atoms with Gasteiger partial charge in [-0.3, -0.25) is 9.20 Å². The predicted octanol–water partition coefficient (Wildman–Crippen LogP) is 1.49. The molecule has 0 spiro atoms. The Morgan fingerprint density at radius 3 is 2.78 bits per heavy atom. The van der Waals surface area contributed by atoms with Crippen molar-refractivity contribution in [3.8, 4) is 11.5 Å². The molecular weight excluding hydrogens is 230 g/mol. The highest BCUT2D eigenvalue weighted by molar-refractivity contribution is 5.75. The minimum absolute atomic E-state index is 0.445. The van der Waals surface area contributed by atoms with Crippen molar-refractivity contribution < 1.29 is 4.79 Å². The molecule has 0 aliphatic carbocycles. The number of nitrogens with zero attached hydrogens (tertiary/aromatic N) is 4. The van der Waals surface area contributed by atoms with Crippen LogP contribution in [0.5, 0.6) is 0 Å². The van der Waals surface area contributed by atoms with Crippen LogP contribution in [0.3, 0.4) is 0 Å². The number of carbonyl (C=O) groups excluding carboxylic acids is 1. The number of carbonyl (C=O) groups is 1. The molecule has 0 aliphatic rings. The smallest absolute Gasteiger partial charge is 0.214 e. The van der Waals surface area contributed by atoms with E-state index in [0.29, 0.717) is 11.5 Å². The van der Waals surface area contributed by atoms with E-state index in [2.05, 4.69) is 15.0 Å². The molecule has 0 atom stereocenters. The standard InChI is InChI=1S/C12H13N5O/c1-7-4-13-12-16(3)10(5-17(7)12)11-14-8(2)9(6-18)15-11/h4-6H,1-3H3,(H,14,15). The van der Waals surface area contributed by atoms with Crippen molar-refractivity contribution in [1.29, 1.82) is 0 Å². The van der Waals surface area contributed by atoms with Gasteiger partial charge in [0.2, 0.25) is 5.78 Å². The van der Waals surface area contributed by atoms with Gasteiger partial charge in [0.25, 0.3) is 0 Å². The molecule has 0 saturated carbocycles. The second-order valence-electron chi connectivity index (χ2n) is 4.36. The lowest BCUT2D eigenvalue weighted by Crippen LogP contribution is -1.93. The largest absolute Gasteiger partial charge is 0.340 e. The van der Waals surface area contributed by atoms with Crippen molar-refractivity contribution in [2.75, 3.05) is 0 Å². The summed E-state index contributed by atoms with van der Waals surface area (Å²) in [6, 6.07) is 0. The Bertz CT molecular complexity index is 746. The lowest BCUT2D eigenvalue weighted by atomic mass is 10.4. The second kappa shape index (κ2) is 3.56. The van der Waals surface area contributed by atoms with Gasteiger partial charge in [0.05, 0.1) is 6.20 Å². The van der Waals surface area contributed by atoms with Crippen LogP contribution in [0.2, 0.25) is 0 Å². The van der Waals surface area contributed by atoms with Crippen molar-refractivity contribution >= 4 is 12.1 Å². The van der Waals surface area contributed by atoms with E-state index in [-0.39, 0.29) is 0 Å². The first kappa shape index (κ1) is 10.8. The highest BCUT2D eigenvalue weighted by atomic mass is 16.1. The molecule has 0 amide bonds. The van der Waals surface area contributed by atoms with E-state index in [9.17, 15) is 4.79 Å². The van der Waals surface area contributed by atoms with Crippen LogP contribution in [0.4, 0.5) is 0 Å². The second-order valence-corrected chi connectivity index (χ2v) is 4.36. The van der Waals surface area contributed by atoms with Gasteiger partial charge >= 0.3 is 0 Å². The molecule has 0 radical (unpaired) electrons. The summed E-state index contributed by atoms with van der Waals surface area (Å²) in [7, 11) is 1.93. The summed E-state index contributed by atoms with van der Waals surface area (Å²) >= 11 is 0. The van der Waals surface area contributed by atoms with Gasteiger partial charge in [0.1, 0.15) is 11.4 Å². The fraction of sp³-hybridized carbons (Fsp3) is 0.250. The molecule has 0 bridgehead atoms. The first-order valence-corrected chi connectivity index (χ1v) is 5.63. The lowest BCUT2D eigenvalue weighted by molar-refractivity contribution is 0.111. The predicted molar refractivity (Wildman–Crippen MR) is 66.6 cm³/mol. The third-order valence-corrected chi connectivity index (χ3v) is 3.15. The summed E-state index contributed by atoms with van der Waals surface area (Å²) in [5, 5.41) is 0. The van der Waals surface area contributed by atoms with Crippen LogP contribution >= 0.6 is 0 Å². The molecule has 0 aliphatic heterocycles. The summed E-state index contributed by atoms with van der Waals surface area (Å²) in [4.78, 5) is 22.6. The molecule has 3 rings (SSSR count). The molecule has 0 aromatic carbocycles. The molecule has 0 saturated heterocycles. The topological polar surface area (TPSA) is 68.0 Å². The Hall–Kier alpha value is -2.37. The minimum atomic E-state index is 0.445. The Kier molecular flexibility index (Phi) is 2.13. The van der Waals surface area contributed by atoms with Crippen molar-refractivity contribution in [2.45, 2.75) is 13.8 Å². The average Bonchev–Trinajstić information content (AvgIpc) is 2.97. The average molecular weight is 243 g/mol. The SMILES string of the molecule is Cc1[nH]c(-c2cn3c(C)cnc3n2C)nc1C=O. The number of aromatic amines is 1. The number of imidazole rings is 3. The zero-order valence-electron chi connectivity index (χ0n) is 10.4. The van der Waals surface area contributed by atoms with E-state index in [1.807, 2.05) is 42.3 Å². The number of hydrogen-bond acceptors (Lipinski definition) is 3. The van der Waals surface area contributed by atoms with Crippen molar-refractivity contribution in [1.82, 2.24) is 23.9 Å². The third-order valence-electron chi connectivity index (χ3n) is 3.15. The number of rotatable bonds is 2. The normalized spacial score (nSPS) is 11.3. The quantitative estimate of drug-likeness (QED) is 0.693. The molecule has 3 heterocycles. The number of hydrogen-bond donors (Lipinski definition) is 1. The van der Waals surface area contributed by atoms with Gasteiger partial charge in [-0.05, 0) is 13.8 Å². The summed E-state index contributed by atoms with van der Waals surface area (Å²) in [6.07, 6.45) is 4.54. The zero-order chi connectivity index (χ0) is 12.9. The summed E-state index contributed by atoms with van der Waals surface area (Å²) in [5.41, 5.74) is 3.18. The summed E-state index contributed by atoms with van der Waals surface area (Å²) in [6.45, 7) is 3.83. The van der Waals surface area contributed by atoms with Crippen LogP contribution in [-0.2, 0) is 7.05 Å². The van der Waals surface area contributed by atoms with Crippen LogP contribution in [0.15, 0.2) is 12.4 Å². The Balaban J connectivity index is 2.24. The number of fused-ring (bicyclic) bond motifs is 1. The molecule has 0 fully saturated rings. The van der Waals surface area contributed by atoms with Crippen LogP contribution in [0.25, 0.3) is 17.3 Å². The van der Waals surface area contributed by atoms with Gasteiger partial charge in [0, 0.05) is 24.6 Å². The van der Waals surface area contributed by atoms with E-state index < -0.39 is 0 Å². The van der Waals surface area contributed by atoms with Crippen LogP contribution in [-0.4, -0.2) is 30.2 Å². The maximum Gasteiger partial charge on any atom is 0.214 e. The lowest BCUT2D eigenvalue weighted by Gasteiger charge is -1.97. The molecule has 1 N–H and O–H groups in total. The third kappa shape index (κ3) is 1.32. The maximum atomic E-state index is 10.8. The van der Waals surface area contributed by atoms with Crippen molar-refractivity contribution in [2.24, 2.45) is 7.05 Å². The molecule has 18 heavy (non-hydrogen) atoms. The molecule has 0 unspecified atom stereocenters. The number of aryl methyl sites for hydroxylation is 3. The van der Waals surface area contributed by atoms with Gasteiger partial charge in [-0.2, -0.15) is 0 Å². The van der Waals surface area contributed by atoms with E-state index in [4.69, 9.17) is 0 Å². The van der Waals surface area contributed by atoms with E-state index in [1.165, 1.54) is 0 Å². The first-order valence-electron chi connectivity index (χ1n) is 5.63. The van der Waals surface area contributed by atoms with Gasteiger partial charge in [-0.1, -0.05) is 0 Å². The molecular formula is C12H13N5O. The van der Waals surface area contributed by atoms with E-state index >= 15 is 0 Å². The van der Waals surface area contributed by atoms with Crippen LogP contribution in [0.1, 0.15) is 21.9 Å². The Labute approximate surface area is 103 Å². The summed E-state index contributed by atoms with van der Waals surface area (Å²) in [5.74, 6) is 1.53. The number of nitrogens with one attached hydrogen (secondary N) is 1. The molecule has 92 valence electrons. The van der Waals surface area contributed by atoms with Gasteiger partial charge < -0.3 is 9.55 Å². The Morgan fingerprint density at radius 1 is 1.39 bits per heavy atom. The van der Waals surface area contributed by atoms with E-state index in [0.717, 1.165) is 29.1 Å². The fourth-order valence-electron chi connectivity index (χ4n) is 2.09. The monoisotopic (exact) mass is 243 g/mol. The molecule has 6 heteroatoms. The Morgan fingerprint density at radius 2 is 2.17 bits per heavy atom.